The van der Waals surface area contributed by atoms with Crippen LogP contribution in [0.25, 0.3) is 16.8 Å². The van der Waals surface area contributed by atoms with Crippen molar-refractivity contribution in [3.8, 4) is 11.1 Å². The van der Waals surface area contributed by atoms with Crippen LogP contribution in [0, 0.1) is 5.82 Å². The summed E-state index contributed by atoms with van der Waals surface area (Å²) in [6.45, 7) is 0.470. The SMILES string of the molecule is O=C(CSc1nc2c(-c3ccc(F)cc3)cnn2c(=O)[nH]1)NCc1cccs1. The highest BCUT2D eigenvalue weighted by Gasteiger charge is 2.13. The molecular weight excluding hydrogens is 401 g/mol. The Morgan fingerprint density at radius 2 is 2.11 bits per heavy atom. The zero-order chi connectivity index (χ0) is 19.5. The van der Waals surface area contributed by atoms with Gasteiger partial charge in [-0.1, -0.05) is 30.0 Å². The van der Waals surface area contributed by atoms with Crippen LogP contribution in [0.5, 0.6) is 0 Å². The molecule has 7 nitrogen and oxygen atoms in total. The number of carbonyl (C=O) groups is 1. The van der Waals surface area contributed by atoms with Crippen LogP contribution in [0.3, 0.4) is 0 Å². The lowest BCUT2D eigenvalue weighted by molar-refractivity contribution is -0.118. The summed E-state index contributed by atoms with van der Waals surface area (Å²) >= 11 is 2.70. The van der Waals surface area contributed by atoms with Crippen LogP contribution in [0.1, 0.15) is 4.88 Å². The highest BCUT2D eigenvalue weighted by atomic mass is 32.2. The molecular formula is C18H14FN5O2S2. The van der Waals surface area contributed by atoms with E-state index in [1.54, 1.807) is 23.5 Å². The first kappa shape index (κ1) is 18.4. The van der Waals surface area contributed by atoms with E-state index in [0.29, 0.717) is 28.5 Å². The van der Waals surface area contributed by atoms with Gasteiger partial charge < -0.3 is 5.32 Å². The zero-order valence-corrected chi connectivity index (χ0v) is 16.0. The lowest BCUT2D eigenvalue weighted by Gasteiger charge is -2.04. The molecule has 0 unspecified atom stereocenters. The lowest BCUT2D eigenvalue weighted by atomic mass is 10.1. The number of H-pyrrole nitrogens is 1. The van der Waals surface area contributed by atoms with Crippen LogP contribution in [0.2, 0.25) is 0 Å². The van der Waals surface area contributed by atoms with Crippen molar-refractivity contribution in [2.45, 2.75) is 11.7 Å². The largest absolute Gasteiger partial charge is 0.350 e. The summed E-state index contributed by atoms with van der Waals surface area (Å²) < 4.78 is 14.3. The van der Waals surface area contributed by atoms with Gasteiger partial charge >= 0.3 is 5.69 Å². The first-order valence-electron chi connectivity index (χ1n) is 8.26. The average Bonchev–Trinajstić information content (AvgIpc) is 3.35. The molecule has 2 N–H and O–H groups in total. The Morgan fingerprint density at radius 1 is 1.29 bits per heavy atom. The Balaban J connectivity index is 1.51. The van der Waals surface area contributed by atoms with Crippen LogP contribution < -0.4 is 11.0 Å². The summed E-state index contributed by atoms with van der Waals surface area (Å²) in [5.41, 5.74) is 1.19. The Kier molecular flexibility index (Phi) is 5.22. The number of nitrogens with one attached hydrogen (secondary N) is 2. The van der Waals surface area contributed by atoms with E-state index < -0.39 is 5.69 Å². The lowest BCUT2D eigenvalue weighted by Crippen LogP contribution is -2.25. The van der Waals surface area contributed by atoms with Crippen molar-refractivity contribution in [1.82, 2.24) is 24.9 Å². The van der Waals surface area contributed by atoms with Crippen molar-refractivity contribution in [1.29, 1.82) is 0 Å². The minimum absolute atomic E-state index is 0.116. The van der Waals surface area contributed by atoms with Crippen LogP contribution in [0.4, 0.5) is 4.39 Å². The molecule has 0 atom stereocenters. The molecule has 0 bridgehead atoms. The van der Waals surface area contributed by atoms with Gasteiger partial charge in [-0.25, -0.2) is 14.2 Å². The van der Waals surface area contributed by atoms with E-state index in [4.69, 9.17) is 0 Å². The van der Waals surface area contributed by atoms with Crippen LogP contribution in [0.15, 0.2) is 57.9 Å². The molecule has 0 saturated carbocycles. The number of hydrogen-bond acceptors (Lipinski definition) is 6. The molecule has 4 aromatic rings. The van der Waals surface area contributed by atoms with Gasteiger partial charge in [0.15, 0.2) is 10.8 Å². The number of carbonyl (C=O) groups excluding carboxylic acids is 1. The Morgan fingerprint density at radius 3 is 2.86 bits per heavy atom. The summed E-state index contributed by atoms with van der Waals surface area (Å²) in [7, 11) is 0. The van der Waals surface area contributed by atoms with E-state index in [0.717, 1.165) is 21.2 Å². The molecule has 0 aliphatic carbocycles. The number of aromatic nitrogens is 4. The van der Waals surface area contributed by atoms with Crippen molar-refractivity contribution >= 4 is 34.7 Å². The summed E-state index contributed by atoms with van der Waals surface area (Å²) in [6, 6.07) is 9.73. The van der Waals surface area contributed by atoms with Crippen molar-refractivity contribution in [2.24, 2.45) is 0 Å². The highest BCUT2D eigenvalue weighted by Crippen LogP contribution is 2.24. The van der Waals surface area contributed by atoms with E-state index in [1.807, 2.05) is 17.5 Å². The second kappa shape index (κ2) is 7.95. The molecule has 3 heterocycles. The van der Waals surface area contributed by atoms with Gasteiger partial charge in [0.25, 0.3) is 0 Å². The molecule has 142 valence electrons. The van der Waals surface area contributed by atoms with Crippen LogP contribution >= 0.6 is 23.1 Å². The Bertz CT molecular complexity index is 1170. The van der Waals surface area contributed by atoms with Gasteiger partial charge in [-0.15, -0.1) is 11.3 Å². The zero-order valence-electron chi connectivity index (χ0n) is 14.4. The van der Waals surface area contributed by atoms with Crippen molar-refractivity contribution in [3.05, 3.63) is 69.2 Å². The van der Waals surface area contributed by atoms with Gasteiger partial charge in [0, 0.05) is 10.4 Å². The molecule has 0 saturated heterocycles. The fourth-order valence-electron chi connectivity index (χ4n) is 2.55. The van der Waals surface area contributed by atoms with Crippen molar-refractivity contribution in [2.75, 3.05) is 5.75 Å². The van der Waals surface area contributed by atoms with Gasteiger partial charge in [-0.2, -0.15) is 9.61 Å². The normalized spacial score (nSPS) is 11.0. The molecule has 0 radical (unpaired) electrons. The van der Waals surface area contributed by atoms with Crippen molar-refractivity contribution in [3.63, 3.8) is 0 Å². The maximum atomic E-state index is 13.2. The van der Waals surface area contributed by atoms with E-state index in [9.17, 15) is 14.0 Å². The second-order valence-electron chi connectivity index (χ2n) is 5.79. The quantitative estimate of drug-likeness (QED) is 0.473. The molecule has 3 aromatic heterocycles. The van der Waals surface area contributed by atoms with Crippen molar-refractivity contribution < 1.29 is 9.18 Å². The number of thioether (sulfide) groups is 1. The maximum Gasteiger partial charge on any atom is 0.350 e. The number of benzene rings is 1. The third-order valence-electron chi connectivity index (χ3n) is 3.89. The minimum Gasteiger partial charge on any atom is -0.350 e. The number of fused-ring (bicyclic) bond motifs is 1. The van der Waals surface area contributed by atoms with Gasteiger partial charge in [-0.05, 0) is 29.1 Å². The number of halogens is 1. The summed E-state index contributed by atoms with van der Waals surface area (Å²) in [5.74, 6) is -0.395. The first-order valence-corrected chi connectivity index (χ1v) is 10.1. The third-order valence-corrected chi connectivity index (χ3v) is 5.64. The fourth-order valence-corrected chi connectivity index (χ4v) is 3.88. The smallest absolute Gasteiger partial charge is 0.350 e. The Hall–Kier alpha value is -2.98. The average molecular weight is 415 g/mol. The van der Waals surface area contributed by atoms with E-state index in [2.05, 4.69) is 20.4 Å². The summed E-state index contributed by atoms with van der Waals surface area (Å²) in [6.07, 6.45) is 1.51. The number of nitrogens with zero attached hydrogens (tertiary/aromatic N) is 3. The predicted molar refractivity (Wildman–Crippen MR) is 106 cm³/mol. The number of hydrogen-bond donors (Lipinski definition) is 2. The second-order valence-corrected chi connectivity index (χ2v) is 7.79. The minimum atomic E-state index is -0.458. The number of rotatable bonds is 6. The molecule has 0 aliphatic heterocycles. The summed E-state index contributed by atoms with van der Waals surface area (Å²) in [5, 5.41) is 9.12. The first-order chi connectivity index (χ1) is 13.6. The molecule has 1 aromatic carbocycles. The summed E-state index contributed by atoms with van der Waals surface area (Å²) in [4.78, 5) is 32.4. The molecule has 0 aliphatic rings. The maximum absolute atomic E-state index is 13.2. The fraction of sp³-hybridized carbons (Fsp3) is 0.111. The van der Waals surface area contributed by atoms with Gasteiger partial charge in [0.2, 0.25) is 5.91 Å². The molecule has 0 spiro atoms. The molecule has 28 heavy (non-hydrogen) atoms. The van der Waals surface area contributed by atoms with E-state index in [-0.39, 0.29) is 17.5 Å². The Labute approximate surface area is 166 Å². The monoisotopic (exact) mass is 415 g/mol. The third kappa shape index (κ3) is 3.97. The topological polar surface area (TPSA) is 92.2 Å². The van der Waals surface area contributed by atoms with E-state index >= 15 is 0 Å². The van der Waals surface area contributed by atoms with Crippen LogP contribution in [-0.2, 0) is 11.3 Å². The van der Waals surface area contributed by atoms with Gasteiger partial charge in [-0.3, -0.25) is 9.78 Å². The number of aromatic amines is 1. The standard InChI is InChI=1S/C18H14FN5O2S2/c19-12-5-3-11(4-6-12)14-9-21-24-16(14)22-17(23-18(24)26)28-10-15(25)20-8-13-2-1-7-27-13/h1-7,9H,8,10H2,(H,20,25)(H,22,23,26). The molecule has 0 fully saturated rings. The van der Waals surface area contributed by atoms with Gasteiger partial charge in [0.1, 0.15) is 5.82 Å². The molecule has 1 amide bonds. The van der Waals surface area contributed by atoms with E-state index in [1.165, 1.54) is 18.3 Å². The number of thiophene rings is 1. The van der Waals surface area contributed by atoms with Gasteiger partial charge in [0.05, 0.1) is 18.5 Å². The molecule has 4 rings (SSSR count). The highest BCUT2D eigenvalue weighted by molar-refractivity contribution is 7.99. The number of amides is 1. The predicted octanol–water partition coefficient (Wildman–Crippen LogP) is 2.69. The molecule has 10 heteroatoms. The van der Waals surface area contributed by atoms with Crippen LogP contribution in [-0.4, -0.2) is 31.2 Å².